The number of anilines is 1. The summed E-state index contributed by atoms with van der Waals surface area (Å²) in [5.74, 6) is 2.26. The molecule has 1 atom stereocenters. The molecule has 1 aliphatic rings. The molecule has 17 heavy (non-hydrogen) atoms. The van der Waals surface area contributed by atoms with E-state index in [2.05, 4.69) is 24.9 Å². The lowest BCUT2D eigenvalue weighted by Gasteiger charge is -2.23. The third kappa shape index (κ3) is 2.82. The maximum atomic E-state index is 5.56. The van der Waals surface area contributed by atoms with E-state index < -0.39 is 0 Å². The van der Waals surface area contributed by atoms with Gasteiger partial charge in [0.25, 0.3) is 0 Å². The highest BCUT2D eigenvalue weighted by Crippen LogP contribution is 2.35. The van der Waals surface area contributed by atoms with Crippen LogP contribution in [0.4, 0.5) is 5.69 Å². The van der Waals surface area contributed by atoms with Crippen LogP contribution in [0, 0.1) is 5.92 Å². The maximum absolute atomic E-state index is 5.56. The lowest BCUT2D eigenvalue weighted by Crippen LogP contribution is -2.25. The Kier molecular flexibility index (Phi) is 3.74. The fourth-order valence-electron chi connectivity index (χ4n) is 2.07. The molecule has 1 aliphatic heterocycles. The van der Waals surface area contributed by atoms with E-state index in [1.165, 1.54) is 0 Å². The molecular formula is C13H20N2O2. The Labute approximate surface area is 102 Å². The SMILES string of the molecule is CC(CCN)CN(C)c1ccc2c(c1)OCO2. The third-order valence-corrected chi connectivity index (χ3v) is 3.04. The highest BCUT2D eigenvalue weighted by atomic mass is 16.7. The number of nitrogens with zero attached hydrogens (tertiary/aromatic N) is 1. The van der Waals surface area contributed by atoms with Crippen LogP contribution in [0.3, 0.4) is 0 Å². The van der Waals surface area contributed by atoms with Crippen LogP contribution < -0.4 is 20.1 Å². The fourth-order valence-corrected chi connectivity index (χ4v) is 2.07. The first-order chi connectivity index (χ1) is 8.20. The van der Waals surface area contributed by atoms with Gasteiger partial charge in [-0.3, -0.25) is 0 Å². The van der Waals surface area contributed by atoms with Crippen LogP contribution in [-0.2, 0) is 0 Å². The van der Waals surface area contributed by atoms with Crippen molar-refractivity contribution >= 4 is 5.69 Å². The second-order valence-corrected chi connectivity index (χ2v) is 4.60. The second-order valence-electron chi connectivity index (χ2n) is 4.60. The minimum absolute atomic E-state index is 0.325. The van der Waals surface area contributed by atoms with E-state index in [4.69, 9.17) is 15.2 Å². The predicted octanol–water partition coefficient (Wildman–Crippen LogP) is 1.84. The molecule has 2 rings (SSSR count). The Morgan fingerprint density at radius 3 is 2.88 bits per heavy atom. The van der Waals surface area contributed by atoms with Crippen molar-refractivity contribution in [1.82, 2.24) is 0 Å². The van der Waals surface area contributed by atoms with Crippen LogP contribution in [0.25, 0.3) is 0 Å². The highest BCUT2D eigenvalue weighted by molar-refractivity contribution is 5.56. The Morgan fingerprint density at radius 1 is 1.35 bits per heavy atom. The van der Waals surface area contributed by atoms with Crippen LogP contribution in [0.5, 0.6) is 11.5 Å². The van der Waals surface area contributed by atoms with Gasteiger partial charge in [0, 0.05) is 25.3 Å². The van der Waals surface area contributed by atoms with Gasteiger partial charge in [-0.2, -0.15) is 0 Å². The molecular weight excluding hydrogens is 216 g/mol. The first-order valence-corrected chi connectivity index (χ1v) is 6.01. The number of hydrogen-bond acceptors (Lipinski definition) is 4. The first-order valence-electron chi connectivity index (χ1n) is 6.01. The molecule has 0 bridgehead atoms. The van der Waals surface area contributed by atoms with E-state index in [-0.39, 0.29) is 0 Å². The fraction of sp³-hybridized carbons (Fsp3) is 0.538. The minimum atomic E-state index is 0.325. The van der Waals surface area contributed by atoms with Crippen molar-refractivity contribution in [1.29, 1.82) is 0 Å². The summed E-state index contributed by atoms with van der Waals surface area (Å²) < 4.78 is 10.7. The van der Waals surface area contributed by atoms with Crippen molar-refractivity contribution in [2.75, 3.05) is 31.8 Å². The smallest absolute Gasteiger partial charge is 0.231 e. The molecule has 0 saturated carbocycles. The summed E-state index contributed by atoms with van der Waals surface area (Å²) in [5, 5.41) is 0. The van der Waals surface area contributed by atoms with Crippen molar-refractivity contribution in [2.45, 2.75) is 13.3 Å². The minimum Gasteiger partial charge on any atom is -0.454 e. The van der Waals surface area contributed by atoms with Crippen LogP contribution in [0.15, 0.2) is 18.2 Å². The Morgan fingerprint density at radius 2 is 2.12 bits per heavy atom. The molecule has 4 heteroatoms. The van der Waals surface area contributed by atoms with Crippen molar-refractivity contribution in [2.24, 2.45) is 11.7 Å². The summed E-state index contributed by atoms with van der Waals surface area (Å²) in [6.45, 7) is 4.29. The van der Waals surface area contributed by atoms with E-state index in [9.17, 15) is 0 Å². The summed E-state index contributed by atoms with van der Waals surface area (Å²) in [4.78, 5) is 2.22. The summed E-state index contributed by atoms with van der Waals surface area (Å²) in [7, 11) is 2.09. The molecule has 0 saturated heterocycles. The van der Waals surface area contributed by atoms with Gasteiger partial charge in [-0.15, -0.1) is 0 Å². The molecule has 1 heterocycles. The Bertz CT molecular complexity index is 382. The van der Waals surface area contributed by atoms with Crippen molar-refractivity contribution in [3.63, 3.8) is 0 Å². The summed E-state index contributed by atoms with van der Waals surface area (Å²) >= 11 is 0. The first kappa shape index (κ1) is 12.0. The number of rotatable bonds is 5. The molecule has 0 aliphatic carbocycles. The topological polar surface area (TPSA) is 47.7 Å². The maximum Gasteiger partial charge on any atom is 0.231 e. The second kappa shape index (κ2) is 5.27. The van der Waals surface area contributed by atoms with Crippen molar-refractivity contribution < 1.29 is 9.47 Å². The summed E-state index contributed by atoms with van der Waals surface area (Å²) in [6.07, 6.45) is 1.05. The number of fused-ring (bicyclic) bond motifs is 1. The zero-order chi connectivity index (χ0) is 12.3. The normalized spacial score (nSPS) is 14.8. The highest BCUT2D eigenvalue weighted by Gasteiger charge is 2.15. The molecule has 1 aromatic carbocycles. The van der Waals surface area contributed by atoms with Gasteiger partial charge in [0.05, 0.1) is 0 Å². The number of benzene rings is 1. The van der Waals surface area contributed by atoms with Crippen molar-refractivity contribution in [3.05, 3.63) is 18.2 Å². The zero-order valence-corrected chi connectivity index (χ0v) is 10.5. The Balaban J connectivity index is 2.01. The lowest BCUT2D eigenvalue weighted by atomic mass is 10.1. The standard InChI is InChI=1S/C13H20N2O2/c1-10(5-6-14)8-15(2)11-3-4-12-13(7-11)17-9-16-12/h3-4,7,10H,5-6,8-9,14H2,1-2H3. The van der Waals surface area contributed by atoms with Crippen LogP contribution in [0.1, 0.15) is 13.3 Å². The molecule has 0 fully saturated rings. The predicted molar refractivity (Wildman–Crippen MR) is 68.7 cm³/mol. The van der Waals surface area contributed by atoms with Crippen LogP contribution >= 0.6 is 0 Å². The van der Waals surface area contributed by atoms with Gasteiger partial charge < -0.3 is 20.1 Å². The van der Waals surface area contributed by atoms with Gasteiger partial charge in [0.1, 0.15) is 0 Å². The summed E-state index contributed by atoms with van der Waals surface area (Å²) in [6, 6.07) is 6.04. The van der Waals surface area contributed by atoms with Gasteiger partial charge in [-0.05, 0) is 31.0 Å². The molecule has 0 spiro atoms. The van der Waals surface area contributed by atoms with E-state index in [1.54, 1.807) is 0 Å². The summed E-state index contributed by atoms with van der Waals surface area (Å²) in [5.41, 5.74) is 6.71. The van der Waals surface area contributed by atoms with E-state index in [1.807, 2.05) is 12.1 Å². The van der Waals surface area contributed by atoms with Gasteiger partial charge in [-0.1, -0.05) is 6.92 Å². The number of ether oxygens (including phenoxy) is 2. The molecule has 4 nitrogen and oxygen atoms in total. The third-order valence-electron chi connectivity index (χ3n) is 3.04. The van der Waals surface area contributed by atoms with Crippen LogP contribution in [-0.4, -0.2) is 26.9 Å². The Hall–Kier alpha value is -1.42. The number of nitrogens with two attached hydrogens (primary N) is 1. The molecule has 0 amide bonds. The molecule has 2 N–H and O–H groups in total. The molecule has 0 radical (unpaired) electrons. The van der Waals surface area contributed by atoms with Crippen molar-refractivity contribution in [3.8, 4) is 11.5 Å². The number of hydrogen-bond donors (Lipinski definition) is 1. The van der Waals surface area contributed by atoms with Crippen LogP contribution in [0.2, 0.25) is 0 Å². The lowest BCUT2D eigenvalue weighted by molar-refractivity contribution is 0.174. The average molecular weight is 236 g/mol. The molecule has 1 unspecified atom stereocenters. The molecule has 94 valence electrons. The largest absolute Gasteiger partial charge is 0.454 e. The monoisotopic (exact) mass is 236 g/mol. The average Bonchev–Trinajstić information content (AvgIpc) is 2.75. The molecule has 1 aromatic rings. The van der Waals surface area contributed by atoms with Gasteiger partial charge in [-0.25, -0.2) is 0 Å². The van der Waals surface area contributed by atoms with E-state index in [0.29, 0.717) is 12.7 Å². The quantitative estimate of drug-likeness (QED) is 0.847. The zero-order valence-electron chi connectivity index (χ0n) is 10.5. The van der Waals surface area contributed by atoms with E-state index in [0.717, 1.165) is 36.7 Å². The van der Waals surface area contributed by atoms with Gasteiger partial charge in [0.15, 0.2) is 11.5 Å². The van der Waals surface area contributed by atoms with Gasteiger partial charge in [0.2, 0.25) is 6.79 Å². The van der Waals surface area contributed by atoms with Gasteiger partial charge >= 0.3 is 0 Å². The van der Waals surface area contributed by atoms with E-state index >= 15 is 0 Å². The molecule has 0 aromatic heterocycles.